The van der Waals surface area contributed by atoms with E-state index < -0.39 is 16.1 Å². The van der Waals surface area contributed by atoms with Gasteiger partial charge in [0.25, 0.3) is 0 Å². The molecule has 1 heterocycles. The molecule has 0 aliphatic carbocycles. The Hall–Kier alpha value is -0.370. The van der Waals surface area contributed by atoms with Gasteiger partial charge in [-0.2, -0.15) is 0 Å². The van der Waals surface area contributed by atoms with E-state index in [1.165, 1.54) is 4.31 Å². The van der Waals surface area contributed by atoms with Crippen molar-refractivity contribution in [2.24, 2.45) is 11.7 Å². The smallest absolute Gasteiger partial charge is 0.237 e. The highest BCUT2D eigenvalue weighted by Crippen LogP contribution is 2.15. The molecule has 8 heteroatoms. The highest BCUT2D eigenvalue weighted by atomic mass is 35.5. The Balaban J connectivity index is 0.00000400. The Bertz CT molecular complexity index is 420. The van der Waals surface area contributed by atoms with E-state index in [0.717, 1.165) is 0 Å². The molecule has 3 N–H and O–H groups in total. The minimum Gasteiger partial charge on any atom is -0.352 e. The molecule has 6 nitrogen and oxygen atoms in total. The van der Waals surface area contributed by atoms with Crippen molar-refractivity contribution < 1.29 is 13.2 Å². The van der Waals surface area contributed by atoms with E-state index >= 15 is 0 Å². The van der Waals surface area contributed by atoms with Crippen LogP contribution in [0.1, 0.15) is 40.0 Å². The first-order valence-corrected chi connectivity index (χ1v) is 8.92. The normalized spacial score (nSPS) is 19.1. The van der Waals surface area contributed by atoms with Gasteiger partial charge in [-0.25, -0.2) is 12.7 Å². The zero-order valence-corrected chi connectivity index (χ0v) is 14.7. The number of carbonyl (C=O) groups is 1. The summed E-state index contributed by atoms with van der Waals surface area (Å²) >= 11 is 0. The lowest BCUT2D eigenvalue weighted by Gasteiger charge is -2.32. The molecule has 1 atom stereocenters. The summed E-state index contributed by atoms with van der Waals surface area (Å²) in [5.74, 6) is 0.150. The number of nitrogens with two attached hydrogens (primary N) is 1. The number of carbonyl (C=O) groups excluding carboxylic acids is 1. The number of nitrogens with zero attached hydrogens (tertiary/aromatic N) is 1. The molecule has 0 saturated carbocycles. The molecule has 0 unspecified atom stereocenters. The van der Waals surface area contributed by atoms with Crippen LogP contribution in [-0.2, 0) is 14.8 Å². The molecule has 21 heavy (non-hydrogen) atoms. The second-order valence-corrected chi connectivity index (χ2v) is 7.86. The maximum Gasteiger partial charge on any atom is 0.237 e. The van der Waals surface area contributed by atoms with E-state index in [2.05, 4.69) is 5.32 Å². The van der Waals surface area contributed by atoms with Crippen LogP contribution in [0.4, 0.5) is 0 Å². The fourth-order valence-electron chi connectivity index (χ4n) is 2.27. The summed E-state index contributed by atoms with van der Waals surface area (Å²) in [6.45, 7) is 6.63. The van der Waals surface area contributed by atoms with Gasteiger partial charge >= 0.3 is 0 Å². The number of piperidine rings is 1. The van der Waals surface area contributed by atoms with Gasteiger partial charge in [0, 0.05) is 19.1 Å². The third kappa shape index (κ3) is 6.10. The Morgan fingerprint density at radius 2 is 1.86 bits per heavy atom. The summed E-state index contributed by atoms with van der Waals surface area (Å²) in [6, 6.07) is -0.475. The Kier molecular flexibility index (Phi) is 8.77. The Labute approximate surface area is 134 Å². The van der Waals surface area contributed by atoms with Crippen molar-refractivity contribution in [2.75, 3.05) is 18.8 Å². The summed E-state index contributed by atoms with van der Waals surface area (Å²) in [4.78, 5) is 11.9. The maximum atomic E-state index is 11.9. The van der Waals surface area contributed by atoms with Crippen molar-refractivity contribution in [2.45, 2.75) is 52.1 Å². The Morgan fingerprint density at radius 1 is 1.33 bits per heavy atom. The van der Waals surface area contributed by atoms with Crippen molar-refractivity contribution in [1.82, 2.24) is 9.62 Å². The van der Waals surface area contributed by atoms with Crippen molar-refractivity contribution in [3.8, 4) is 0 Å². The van der Waals surface area contributed by atoms with Gasteiger partial charge in [0.2, 0.25) is 15.9 Å². The molecular formula is C13H28ClN3O3S. The zero-order valence-electron chi connectivity index (χ0n) is 13.0. The summed E-state index contributed by atoms with van der Waals surface area (Å²) in [5, 5.41) is 2.92. The second-order valence-electron chi connectivity index (χ2n) is 5.77. The number of hydrogen-bond acceptors (Lipinski definition) is 4. The van der Waals surface area contributed by atoms with Crippen molar-refractivity contribution >= 4 is 28.3 Å². The van der Waals surface area contributed by atoms with Crippen LogP contribution in [0.15, 0.2) is 0 Å². The van der Waals surface area contributed by atoms with Gasteiger partial charge in [0.1, 0.15) is 0 Å². The lowest BCUT2D eigenvalue weighted by molar-refractivity contribution is -0.124. The topological polar surface area (TPSA) is 92.5 Å². The highest BCUT2D eigenvalue weighted by Gasteiger charge is 2.29. The fourth-order valence-corrected chi connectivity index (χ4v) is 3.81. The molecular weight excluding hydrogens is 314 g/mol. The van der Waals surface area contributed by atoms with Gasteiger partial charge in [-0.05, 0) is 25.2 Å². The monoisotopic (exact) mass is 341 g/mol. The van der Waals surface area contributed by atoms with Crippen LogP contribution in [0.25, 0.3) is 0 Å². The van der Waals surface area contributed by atoms with Gasteiger partial charge < -0.3 is 11.1 Å². The van der Waals surface area contributed by atoms with Crippen LogP contribution >= 0.6 is 12.4 Å². The minimum absolute atomic E-state index is 0. The molecule has 0 aromatic rings. The molecule has 126 valence electrons. The van der Waals surface area contributed by atoms with Crippen LogP contribution in [0.5, 0.6) is 0 Å². The maximum absolute atomic E-state index is 11.9. The number of amides is 1. The molecule has 1 aliphatic rings. The van der Waals surface area contributed by atoms with E-state index in [0.29, 0.717) is 32.4 Å². The van der Waals surface area contributed by atoms with E-state index in [1.807, 2.05) is 20.8 Å². The van der Waals surface area contributed by atoms with Crippen LogP contribution in [0, 0.1) is 5.92 Å². The quantitative estimate of drug-likeness (QED) is 0.744. The molecule has 1 rings (SSSR count). The van der Waals surface area contributed by atoms with E-state index in [9.17, 15) is 13.2 Å². The first-order valence-electron chi connectivity index (χ1n) is 7.31. The van der Waals surface area contributed by atoms with Gasteiger partial charge in [0.15, 0.2) is 0 Å². The molecule has 0 aromatic carbocycles. The average Bonchev–Trinajstić information content (AvgIpc) is 2.38. The average molecular weight is 342 g/mol. The third-order valence-electron chi connectivity index (χ3n) is 3.68. The number of nitrogens with one attached hydrogen (secondary N) is 1. The lowest BCUT2D eigenvalue weighted by Crippen LogP contribution is -2.51. The summed E-state index contributed by atoms with van der Waals surface area (Å²) in [5.41, 5.74) is 5.79. The van der Waals surface area contributed by atoms with E-state index in [4.69, 9.17) is 5.73 Å². The zero-order chi connectivity index (χ0) is 15.3. The first kappa shape index (κ1) is 20.6. The van der Waals surface area contributed by atoms with Gasteiger partial charge in [-0.3, -0.25) is 4.79 Å². The van der Waals surface area contributed by atoms with E-state index in [1.54, 1.807) is 0 Å². The molecule has 1 saturated heterocycles. The summed E-state index contributed by atoms with van der Waals surface area (Å²) in [7, 11) is -3.12. The molecule has 1 fully saturated rings. The standard InChI is InChI=1S/C13H27N3O3S.ClH/c1-4-9-20(18,19)16-7-5-11(6-8-16)15-13(17)12(14)10(2)3;/h10-12H,4-9,14H2,1-3H3,(H,15,17);1H/t12-;/m1./s1. The fraction of sp³-hybridized carbons (Fsp3) is 0.923. The van der Waals surface area contributed by atoms with Gasteiger partial charge in [-0.1, -0.05) is 20.8 Å². The predicted molar refractivity (Wildman–Crippen MR) is 86.9 cm³/mol. The van der Waals surface area contributed by atoms with Crippen LogP contribution < -0.4 is 11.1 Å². The minimum atomic E-state index is -3.12. The molecule has 1 aliphatic heterocycles. The third-order valence-corrected chi connectivity index (χ3v) is 5.75. The van der Waals surface area contributed by atoms with Crippen molar-refractivity contribution in [1.29, 1.82) is 0 Å². The van der Waals surface area contributed by atoms with Gasteiger partial charge in [0.05, 0.1) is 11.8 Å². The number of halogens is 1. The number of rotatable bonds is 6. The van der Waals surface area contributed by atoms with Crippen LogP contribution in [0.2, 0.25) is 0 Å². The van der Waals surface area contributed by atoms with Crippen molar-refractivity contribution in [3.63, 3.8) is 0 Å². The SMILES string of the molecule is CCCS(=O)(=O)N1CCC(NC(=O)[C@H](N)C(C)C)CC1.Cl. The van der Waals surface area contributed by atoms with Crippen LogP contribution in [-0.4, -0.2) is 49.6 Å². The van der Waals surface area contributed by atoms with Crippen LogP contribution in [0.3, 0.4) is 0 Å². The molecule has 1 amide bonds. The molecule has 0 aromatic heterocycles. The number of hydrogen-bond donors (Lipinski definition) is 2. The number of sulfonamides is 1. The Morgan fingerprint density at radius 3 is 2.29 bits per heavy atom. The predicted octanol–water partition coefficient (Wildman–Crippen LogP) is 0.712. The summed E-state index contributed by atoms with van der Waals surface area (Å²) < 4.78 is 25.4. The first-order chi connectivity index (χ1) is 9.27. The molecule has 0 spiro atoms. The van der Waals surface area contributed by atoms with Gasteiger partial charge in [-0.15, -0.1) is 12.4 Å². The van der Waals surface area contributed by atoms with Crippen molar-refractivity contribution in [3.05, 3.63) is 0 Å². The summed E-state index contributed by atoms with van der Waals surface area (Å²) in [6.07, 6.45) is 1.93. The largest absolute Gasteiger partial charge is 0.352 e. The highest BCUT2D eigenvalue weighted by molar-refractivity contribution is 7.89. The second kappa shape index (κ2) is 8.92. The molecule has 0 bridgehead atoms. The van der Waals surface area contributed by atoms with E-state index in [-0.39, 0.29) is 36.0 Å². The lowest BCUT2D eigenvalue weighted by atomic mass is 10.0. The molecule has 0 radical (unpaired) electrons.